The fraction of sp³-hybridized carbons (Fsp3) is 0.188. The maximum Gasteiger partial charge on any atom is 0.107 e. The Morgan fingerprint density at radius 2 is 1.84 bits per heavy atom. The molecule has 1 aromatic heterocycles. The summed E-state index contributed by atoms with van der Waals surface area (Å²) in [6.45, 7) is 2.88. The molecule has 0 aliphatic heterocycles. The van der Waals surface area contributed by atoms with Crippen LogP contribution < -0.4 is 0 Å². The van der Waals surface area contributed by atoms with E-state index in [1.807, 2.05) is 19.1 Å². The third kappa shape index (κ3) is 2.36. The van der Waals surface area contributed by atoms with Gasteiger partial charge in [0.25, 0.3) is 0 Å². The van der Waals surface area contributed by atoms with Crippen LogP contribution in [0.4, 0.5) is 0 Å². The van der Waals surface area contributed by atoms with Gasteiger partial charge in [0, 0.05) is 12.4 Å². The number of rotatable bonds is 3. The Morgan fingerprint density at radius 3 is 2.68 bits per heavy atom. The summed E-state index contributed by atoms with van der Waals surface area (Å²) in [7, 11) is 0. The van der Waals surface area contributed by atoms with Gasteiger partial charge in [0.05, 0.1) is 11.0 Å². The molecule has 19 heavy (non-hydrogen) atoms. The topological polar surface area (TPSA) is 17.8 Å². The van der Waals surface area contributed by atoms with Gasteiger partial charge in [0.15, 0.2) is 0 Å². The molecule has 2 aromatic carbocycles. The summed E-state index contributed by atoms with van der Waals surface area (Å²) in [6.07, 6.45) is 0. The van der Waals surface area contributed by atoms with Crippen molar-refractivity contribution in [1.29, 1.82) is 0 Å². The Hall–Kier alpha value is -1.80. The standard InChI is InChI=1S/C16H15ClN2/c1-12-18-15-7-2-3-8-16(15)19(12)11-14-6-4-5-13(9-14)10-17/h2-9H,10-11H2,1H3. The van der Waals surface area contributed by atoms with Gasteiger partial charge in [-0.1, -0.05) is 36.4 Å². The number of fused-ring (bicyclic) bond motifs is 1. The van der Waals surface area contributed by atoms with Gasteiger partial charge in [-0.25, -0.2) is 4.98 Å². The Bertz CT molecular complexity index is 716. The second-order valence-corrected chi connectivity index (χ2v) is 4.95. The van der Waals surface area contributed by atoms with Crippen molar-refractivity contribution < 1.29 is 0 Å². The molecule has 96 valence electrons. The van der Waals surface area contributed by atoms with E-state index in [0.29, 0.717) is 5.88 Å². The largest absolute Gasteiger partial charge is 0.324 e. The summed E-state index contributed by atoms with van der Waals surface area (Å²) in [5.74, 6) is 1.59. The average molecular weight is 271 g/mol. The van der Waals surface area contributed by atoms with E-state index in [1.54, 1.807) is 0 Å². The summed E-state index contributed by atoms with van der Waals surface area (Å²) in [6, 6.07) is 16.6. The van der Waals surface area contributed by atoms with Crippen LogP contribution in [0.3, 0.4) is 0 Å². The van der Waals surface area contributed by atoms with Crippen molar-refractivity contribution >= 4 is 22.6 Å². The minimum atomic E-state index is 0.553. The molecule has 0 unspecified atom stereocenters. The molecule has 0 bridgehead atoms. The number of alkyl halides is 1. The van der Waals surface area contributed by atoms with Gasteiger partial charge in [-0.15, -0.1) is 11.6 Å². The van der Waals surface area contributed by atoms with E-state index in [4.69, 9.17) is 11.6 Å². The van der Waals surface area contributed by atoms with Gasteiger partial charge in [-0.05, 0) is 30.2 Å². The highest BCUT2D eigenvalue weighted by atomic mass is 35.5. The number of aromatic nitrogens is 2. The van der Waals surface area contributed by atoms with Crippen molar-refractivity contribution in [2.75, 3.05) is 0 Å². The molecule has 3 aromatic rings. The van der Waals surface area contributed by atoms with Crippen LogP contribution in [0.15, 0.2) is 48.5 Å². The van der Waals surface area contributed by atoms with Gasteiger partial charge in [-0.2, -0.15) is 0 Å². The number of hydrogen-bond donors (Lipinski definition) is 0. The summed E-state index contributed by atoms with van der Waals surface area (Å²) >= 11 is 5.89. The van der Waals surface area contributed by atoms with E-state index < -0.39 is 0 Å². The summed E-state index contributed by atoms with van der Waals surface area (Å²) < 4.78 is 2.24. The summed E-state index contributed by atoms with van der Waals surface area (Å²) in [4.78, 5) is 4.59. The zero-order chi connectivity index (χ0) is 13.2. The van der Waals surface area contributed by atoms with E-state index in [9.17, 15) is 0 Å². The van der Waals surface area contributed by atoms with Crippen molar-refractivity contribution in [3.8, 4) is 0 Å². The smallest absolute Gasteiger partial charge is 0.107 e. The molecular weight excluding hydrogens is 256 g/mol. The second-order valence-electron chi connectivity index (χ2n) is 4.69. The number of benzene rings is 2. The first-order valence-corrected chi connectivity index (χ1v) is 6.87. The number of hydrogen-bond acceptors (Lipinski definition) is 1. The molecular formula is C16H15ClN2. The third-order valence-electron chi connectivity index (χ3n) is 3.33. The number of para-hydroxylation sites is 2. The number of imidazole rings is 1. The third-order valence-corrected chi connectivity index (χ3v) is 3.64. The van der Waals surface area contributed by atoms with Crippen LogP contribution in [0.2, 0.25) is 0 Å². The van der Waals surface area contributed by atoms with Crippen molar-refractivity contribution in [3.05, 3.63) is 65.5 Å². The normalized spacial score (nSPS) is 11.1. The lowest BCUT2D eigenvalue weighted by Gasteiger charge is -2.08. The Labute approximate surface area is 117 Å². The minimum Gasteiger partial charge on any atom is -0.324 e. The SMILES string of the molecule is Cc1nc2ccccc2n1Cc1cccc(CCl)c1. The molecule has 0 radical (unpaired) electrons. The lowest BCUT2D eigenvalue weighted by Crippen LogP contribution is -2.02. The number of halogens is 1. The molecule has 0 spiro atoms. The molecule has 2 nitrogen and oxygen atoms in total. The first-order chi connectivity index (χ1) is 9.28. The number of nitrogens with zero attached hydrogens (tertiary/aromatic N) is 2. The maximum absolute atomic E-state index is 5.89. The molecule has 0 saturated carbocycles. The zero-order valence-electron chi connectivity index (χ0n) is 10.8. The highest BCUT2D eigenvalue weighted by molar-refractivity contribution is 6.17. The van der Waals surface area contributed by atoms with Crippen molar-refractivity contribution in [2.24, 2.45) is 0 Å². The fourth-order valence-corrected chi connectivity index (χ4v) is 2.56. The lowest BCUT2D eigenvalue weighted by atomic mass is 10.1. The average Bonchev–Trinajstić information content (AvgIpc) is 2.76. The van der Waals surface area contributed by atoms with Crippen molar-refractivity contribution in [1.82, 2.24) is 9.55 Å². The highest BCUT2D eigenvalue weighted by Crippen LogP contribution is 2.18. The molecule has 0 amide bonds. The molecule has 3 heteroatoms. The fourth-order valence-electron chi connectivity index (χ4n) is 2.39. The Kier molecular flexibility index (Phi) is 3.26. The minimum absolute atomic E-state index is 0.553. The zero-order valence-corrected chi connectivity index (χ0v) is 11.6. The molecule has 0 N–H and O–H groups in total. The lowest BCUT2D eigenvalue weighted by molar-refractivity contribution is 0.785. The number of aryl methyl sites for hydroxylation is 1. The molecule has 3 rings (SSSR count). The van der Waals surface area contributed by atoms with E-state index in [1.165, 1.54) is 11.1 Å². The molecule has 0 aliphatic rings. The molecule has 0 aliphatic carbocycles. The maximum atomic E-state index is 5.89. The van der Waals surface area contributed by atoms with Crippen LogP contribution in [0.1, 0.15) is 17.0 Å². The van der Waals surface area contributed by atoms with E-state index in [-0.39, 0.29) is 0 Å². The van der Waals surface area contributed by atoms with Gasteiger partial charge < -0.3 is 4.57 Å². The predicted octanol–water partition coefficient (Wildman–Crippen LogP) is 4.13. The quantitative estimate of drug-likeness (QED) is 0.654. The van der Waals surface area contributed by atoms with Crippen molar-refractivity contribution in [2.45, 2.75) is 19.3 Å². The van der Waals surface area contributed by atoms with Gasteiger partial charge in [0.2, 0.25) is 0 Å². The molecule has 0 fully saturated rings. The van der Waals surface area contributed by atoms with Crippen LogP contribution in [0, 0.1) is 6.92 Å². The highest BCUT2D eigenvalue weighted by Gasteiger charge is 2.07. The van der Waals surface area contributed by atoms with Gasteiger partial charge >= 0.3 is 0 Å². The van der Waals surface area contributed by atoms with Crippen LogP contribution in [0.5, 0.6) is 0 Å². The van der Waals surface area contributed by atoms with Crippen LogP contribution >= 0.6 is 11.6 Å². The first kappa shape index (κ1) is 12.2. The van der Waals surface area contributed by atoms with E-state index >= 15 is 0 Å². The predicted molar refractivity (Wildman–Crippen MR) is 79.6 cm³/mol. The Morgan fingerprint density at radius 1 is 1.05 bits per heavy atom. The first-order valence-electron chi connectivity index (χ1n) is 6.33. The van der Waals surface area contributed by atoms with Crippen LogP contribution in [-0.4, -0.2) is 9.55 Å². The van der Waals surface area contributed by atoms with E-state index in [0.717, 1.165) is 23.4 Å². The summed E-state index contributed by atoms with van der Waals surface area (Å²) in [5.41, 5.74) is 4.63. The van der Waals surface area contributed by atoms with Crippen LogP contribution in [-0.2, 0) is 12.4 Å². The molecule has 1 heterocycles. The van der Waals surface area contributed by atoms with Crippen LogP contribution in [0.25, 0.3) is 11.0 Å². The second kappa shape index (κ2) is 5.06. The monoisotopic (exact) mass is 270 g/mol. The van der Waals surface area contributed by atoms with Gasteiger partial charge in [-0.3, -0.25) is 0 Å². The van der Waals surface area contributed by atoms with Crippen molar-refractivity contribution in [3.63, 3.8) is 0 Å². The molecule has 0 atom stereocenters. The van der Waals surface area contributed by atoms with Gasteiger partial charge in [0.1, 0.15) is 5.82 Å². The Balaban J connectivity index is 2.02. The molecule has 0 saturated heterocycles. The summed E-state index contributed by atoms with van der Waals surface area (Å²) in [5, 5.41) is 0. The van der Waals surface area contributed by atoms with E-state index in [2.05, 4.69) is 45.9 Å².